The van der Waals surface area contributed by atoms with Crippen LogP contribution in [0.5, 0.6) is 0 Å². The Morgan fingerprint density at radius 3 is 2.91 bits per heavy atom. The quantitative estimate of drug-likeness (QED) is 0.662. The minimum atomic E-state index is -0.782. The second-order valence-electron chi connectivity index (χ2n) is 3.29. The van der Waals surface area contributed by atoms with Crippen LogP contribution in [0.2, 0.25) is 0 Å². The molecule has 1 aliphatic rings. The molecule has 2 unspecified atom stereocenters. The number of rotatable bonds is 3. The van der Waals surface area contributed by atoms with E-state index in [2.05, 4.69) is 11.8 Å². The Hall–Kier alpha value is -0.150. The molecule has 0 aromatic rings. The molecule has 3 heteroatoms. The summed E-state index contributed by atoms with van der Waals surface area (Å²) in [6.45, 7) is 3.01. The van der Waals surface area contributed by atoms with Crippen LogP contribution in [0.4, 0.5) is 4.39 Å². The number of hydrogen-bond donors (Lipinski definition) is 1. The van der Waals surface area contributed by atoms with Gasteiger partial charge in [-0.2, -0.15) is 0 Å². The van der Waals surface area contributed by atoms with Crippen LogP contribution in [-0.4, -0.2) is 41.9 Å². The molecule has 2 atom stereocenters. The lowest BCUT2D eigenvalue weighted by molar-refractivity contribution is 0.0872. The van der Waals surface area contributed by atoms with Crippen molar-refractivity contribution in [3.63, 3.8) is 0 Å². The molecule has 0 saturated carbocycles. The molecule has 0 aromatic carbocycles. The van der Waals surface area contributed by atoms with E-state index in [1.807, 2.05) is 0 Å². The summed E-state index contributed by atoms with van der Waals surface area (Å²) in [6, 6.07) is 0.524. The van der Waals surface area contributed by atoms with Crippen LogP contribution in [0.1, 0.15) is 19.8 Å². The lowest BCUT2D eigenvalue weighted by atomic mass is 10.2. The summed E-state index contributed by atoms with van der Waals surface area (Å²) in [5.74, 6) is 0. The number of aliphatic hydroxyl groups is 1. The lowest BCUT2D eigenvalue weighted by Gasteiger charge is -2.22. The molecule has 1 N–H and O–H groups in total. The van der Waals surface area contributed by atoms with Gasteiger partial charge in [0.15, 0.2) is 0 Å². The Kier molecular flexibility index (Phi) is 3.27. The van der Waals surface area contributed by atoms with Crippen molar-refractivity contribution in [3.8, 4) is 0 Å². The smallest absolute Gasteiger partial charge is 0.117 e. The van der Waals surface area contributed by atoms with Gasteiger partial charge in [-0.15, -0.1) is 0 Å². The second-order valence-corrected chi connectivity index (χ2v) is 3.29. The van der Waals surface area contributed by atoms with Crippen LogP contribution >= 0.6 is 0 Å². The van der Waals surface area contributed by atoms with E-state index in [4.69, 9.17) is 5.11 Å². The molecule has 0 amide bonds. The van der Waals surface area contributed by atoms with Crippen molar-refractivity contribution in [2.45, 2.75) is 31.9 Å². The minimum absolute atomic E-state index is 0.498. The Morgan fingerprint density at radius 2 is 2.45 bits per heavy atom. The molecule has 11 heavy (non-hydrogen) atoms. The standard InChI is InChI=1S/C8H16FNO/c1-7-3-2-4-10(7)6-8(11)5-9/h7-8,11H,2-6H2,1H3. The zero-order valence-electron chi connectivity index (χ0n) is 6.96. The van der Waals surface area contributed by atoms with E-state index in [1.54, 1.807) is 0 Å². The molecule has 0 spiro atoms. The molecule has 1 fully saturated rings. The van der Waals surface area contributed by atoms with E-state index in [0.717, 1.165) is 6.54 Å². The van der Waals surface area contributed by atoms with E-state index in [-0.39, 0.29) is 0 Å². The SMILES string of the molecule is CC1CCCN1CC(O)CF. The van der Waals surface area contributed by atoms with Gasteiger partial charge in [0.1, 0.15) is 6.67 Å². The average molecular weight is 161 g/mol. The third-order valence-electron chi connectivity index (χ3n) is 2.31. The van der Waals surface area contributed by atoms with Crippen molar-refractivity contribution >= 4 is 0 Å². The monoisotopic (exact) mass is 161 g/mol. The normalized spacial score (nSPS) is 29.2. The van der Waals surface area contributed by atoms with E-state index in [1.165, 1.54) is 12.8 Å². The van der Waals surface area contributed by atoms with E-state index < -0.39 is 12.8 Å². The number of alkyl halides is 1. The van der Waals surface area contributed by atoms with Gasteiger partial charge in [0, 0.05) is 12.6 Å². The van der Waals surface area contributed by atoms with Crippen LogP contribution in [-0.2, 0) is 0 Å². The first-order valence-electron chi connectivity index (χ1n) is 4.22. The van der Waals surface area contributed by atoms with Crippen molar-refractivity contribution < 1.29 is 9.50 Å². The third kappa shape index (κ3) is 2.42. The topological polar surface area (TPSA) is 23.5 Å². The molecule has 1 rings (SSSR count). The molecule has 2 nitrogen and oxygen atoms in total. The van der Waals surface area contributed by atoms with Gasteiger partial charge >= 0.3 is 0 Å². The summed E-state index contributed by atoms with van der Waals surface area (Å²) in [6.07, 6.45) is 1.58. The maximum Gasteiger partial charge on any atom is 0.117 e. The van der Waals surface area contributed by atoms with Crippen LogP contribution in [0.15, 0.2) is 0 Å². The summed E-state index contributed by atoms with van der Waals surface area (Å²) in [5, 5.41) is 9.02. The predicted molar refractivity (Wildman–Crippen MR) is 42.3 cm³/mol. The number of halogens is 1. The highest BCUT2D eigenvalue weighted by Gasteiger charge is 2.21. The van der Waals surface area contributed by atoms with Gasteiger partial charge in [-0.05, 0) is 26.3 Å². The van der Waals surface area contributed by atoms with Crippen molar-refractivity contribution in [3.05, 3.63) is 0 Å². The molecule has 0 bridgehead atoms. The highest BCUT2D eigenvalue weighted by molar-refractivity contribution is 4.76. The van der Waals surface area contributed by atoms with Crippen LogP contribution < -0.4 is 0 Å². The molecule has 66 valence electrons. The fraction of sp³-hybridized carbons (Fsp3) is 1.00. The first-order chi connectivity index (χ1) is 5.24. The molecule has 0 radical (unpaired) electrons. The summed E-state index contributed by atoms with van der Waals surface area (Å²) in [5.41, 5.74) is 0. The lowest BCUT2D eigenvalue weighted by Crippen LogP contribution is -2.35. The number of aliphatic hydroxyl groups excluding tert-OH is 1. The van der Waals surface area contributed by atoms with Gasteiger partial charge in [-0.25, -0.2) is 4.39 Å². The first-order valence-corrected chi connectivity index (χ1v) is 4.22. The molecule has 1 heterocycles. The molecule has 0 aliphatic carbocycles. The Morgan fingerprint density at radius 1 is 1.73 bits per heavy atom. The van der Waals surface area contributed by atoms with Crippen molar-refractivity contribution in [2.24, 2.45) is 0 Å². The predicted octanol–water partition coefficient (Wildman–Crippen LogP) is 0.801. The summed E-state index contributed by atoms with van der Waals surface area (Å²) in [4.78, 5) is 2.14. The number of nitrogens with zero attached hydrogens (tertiary/aromatic N) is 1. The van der Waals surface area contributed by atoms with Crippen LogP contribution in [0.3, 0.4) is 0 Å². The molecule has 1 saturated heterocycles. The largest absolute Gasteiger partial charge is 0.389 e. The minimum Gasteiger partial charge on any atom is -0.389 e. The molecule has 1 aliphatic heterocycles. The van der Waals surface area contributed by atoms with Crippen molar-refractivity contribution in [1.29, 1.82) is 0 Å². The van der Waals surface area contributed by atoms with Gasteiger partial charge in [0.25, 0.3) is 0 Å². The van der Waals surface area contributed by atoms with Crippen molar-refractivity contribution in [2.75, 3.05) is 19.8 Å². The van der Waals surface area contributed by atoms with Gasteiger partial charge < -0.3 is 5.11 Å². The molecular weight excluding hydrogens is 145 g/mol. The van der Waals surface area contributed by atoms with Crippen LogP contribution in [0.25, 0.3) is 0 Å². The first kappa shape index (κ1) is 8.94. The Bertz CT molecular complexity index is 121. The Labute approximate surface area is 67.0 Å². The average Bonchev–Trinajstić information content (AvgIpc) is 2.37. The number of β-amino-alcohol motifs (C(OH)–C–C–N with tert-alkyl or cyclic N) is 1. The van der Waals surface area contributed by atoms with Gasteiger partial charge in [0.05, 0.1) is 6.10 Å². The summed E-state index contributed by atoms with van der Waals surface area (Å²) in [7, 11) is 0. The van der Waals surface area contributed by atoms with E-state index in [9.17, 15) is 4.39 Å². The summed E-state index contributed by atoms with van der Waals surface area (Å²) < 4.78 is 11.9. The maximum atomic E-state index is 11.9. The maximum absolute atomic E-state index is 11.9. The second kappa shape index (κ2) is 4.02. The fourth-order valence-electron chi connectivity index (χ4n) is 1.58. The van der Waals surface area contributed by atoms with E-state index >= 15 is 0 Å². The highest BCUT2D eigenvalue weighted by Crippen LogP contribution is 2.16. The van der Waals surface area contributed by atoms with E-state index in [0.29, 0.717) is 12.6 Å². The van der Waals surface area contributed by atoms with Gasteiger partial charge in [-0.1, -0.05) is 0 Å². The summed E-state index contributed by atoms with van der Waals surface area (Å²) >= 11 is 0. The van der Waals surface area contributed by atoms with Gasteiger partial charge in [-0.3, -0.25) is 4.90 Å². The number of likely N-dealkylation sites (tertiary alicyclic amines) is 1. The Balaban J connectivity index is 2.24. The van der Waals surface area contributed by atoms with Gasteiger partial charge in [0.2, 0.25) is 0 Å². The molecular formula is C8H16FNO. The zero-order valence-corrected chi connectivity index (χ0v) is 6.96. The fourth-order valence-corrected chi connectivity index (χ4v) is 1.58. The highest BCUT2D eigenvalue weighted by atomic mass is 19.1. The zero-order chi connectivity index (χ0) is 8.27. The molecule has 0 aromatic heterocycles. The van der Waals surface area contributed by atoms with Crippen LogP contribution in [0, 0.1) is 0 Å². The number of hydrogen-bond acceptors (Lipinski definition) is 2. The third-order valence-corrected chi connectivity index (χ3v) is 2.31. The van der Waals surface area contributed by atoms with Crippen molar-refractivity contribution in [1.82, 2.24) is 4.90 Å².